The third-order valence-electron chi connectivity index (χ3n) is 3.08. The van der Waals surface area contributed by atoms with Gasteiger partial charge in [-0.1, -0.05) is 13.3 Å². The maximum absolute atomic E-state index is 12.0. The van der Waals surface area contributed by atoms with Gasteiger partial charge in [0, 0.05) is 6.07 Å². The van der Waals surface area contributed by atoms with Crippen molar-refractivity contribution in [3.05, 3.63) is 38.7 Å². The number of ether oxygens (including phenoxy) is 2. The molecule has 5 nitrogen and oxygen atoms in total. The van der Waals surface area contributed by atoms with Crippen molar-refractivity contribution in [1.82, 2.24) is 9.97 Å². The molecule has 1 heterocycles. The number of nitrogens with zero attached hydrogens (tertiary/aromatic N) is 1. The first kappa shape index (κ1) is 15.6. The largest absolute Gasteiger partial charge is 0.497 e. The van der Waals surface area contributed by atoms with E-state index in [0.717, 1.165) is 24.1 Å². The molecule has 0 amide bonds. The predicted octanol–water partition coefficient (Wildman–Crippen LogP) is 3.17. The number of H-pyrrole nitrogens is 1. The number of hydrogen-bond donors (Lipinski definition) is 1. The first-order chi connectivity index (χ1) is 10.1. The van der Waals surface area contributed by atoms with Crippen molar-refractivity contribution in [3.63, 3.8) is 0 Å². The average Bonchev–Trinajstić information content (AvgIpc) is 2.51. The Morgan fingerprint density at radius 3 is 2.67 bits per heavy atom. The van der Waals surface area contributed by atoms with E-state index in [-0.39, 0.29) is 5.56 Å². The summed E-state index contributed by atoms with van der Waals surface area (Å²) in [5.41, 5.74) is 1.27. The Hall–Kier alpha value is -1.82. The highest BCUT2D eigenvalue weighted by Crippen LogP contribution is 2.31. The molecule has 0 radical (unpaired) electrons. The fourth-order valence-corrected chi connectivity index (χ4v) is 2.42. The van der Waals surface area contributed by atoms with Gasteiger partial charge in [-0.3, -0.25) is 4.79 Å². The van der Waals surface area contributed by atoms with Gasteiger partial charge in [0.25, 0.3) is 5.56 Å². The molecule has 112 valence electrons. The summed E-state index contributed by atoms with van der Waals surface area (Å²) in [4.78, 5) is 19.3. The van der Waals surface area contributed by atoms with Crippen LogP contribution in [0.1, 0.15) is 19.0 Å². The van der Waals surface area contributed by atoms with E-state index in [1.807, 2.05) is 13.0 Å². The summed E-state index contributed by atoms with van der Waals surface area (Å²) < 4.78 is 11.0. The third-order valence-corrected chi connectivity index (χ3v) is 3.90. The van der Waals surface area contributed by atoms with Crippen LogP contribution in [0.15, 0.2) is 27.5 Å². The molecule has 0 unspecified atom stereocenters. The van der Waals surface area contributed by atoms with Crippen LogP contribution in [0.2, 0.25) is 0 Å². The van der Waals surface area contributed by atoms with Gasteiger partial charge in [0.2, 0.25) is 0 Å². The quantitative estimate of drug-likeness (QED) is 0.897. The second kappa shape index (κ2) is 6.76. The molecule has 0 saturated heterocycles. The second-order valence-electron chi connectivity index (χ2n) is 4.49. The number of aryl methyl sites for hydroxylation is 1. The predicted molar refractivity (Wildman–Crippen MR) is 85.1 cm³/mol. The lowest BCUT2D eigenvalue weighted by molar-refractivity contribution is 0.395. The van der Waals surface area contributed by atoms with E-state index in [4.69, 9.17) is 9.47 Å². The standard InChI is InChI=1S/C15H17BrN2O3/c1-4-5-11-13(16)15(19)18-14(17-11)10-7-6-9(20-2)8-12(10)21-3/h6-8H,4-5H2,1-3H3,(H,17,18,19). The molecule has 0 saturated carbocycles. The van der Waals surface area contributed by atoms with Crippen molar-refractivity contribution in [3.8, 4) is 22.9 Å². The number of aromatic amines is 1. The number of nitrogens with one attached hydrogen (secondary N) is 1. The van der Waals surface area contributed by atoms with Crippen LogP contribution in [0.4, 0.5) is 0 Å². The van der Waals surface area contributed by atoms with Crippen molar-refractivity contribution in [2.45, 2.75) is 19.8 Å². The molecule has 0 aliphatic heterocycles. The topological polar surface area (TPSA) is 64.2 Å². The maximum atomic E-state index is 12.0. The Labute approximate surface area is 131 Å². The zero-order valence-corrected chi connectivity index (χ0v) is 13.8. The first-order valence-electron chi connectivity index (χ1n) is 6.61. The molecular formula is C15H17BrN2O3. The molecule has 21 heavy (non-hydrogen) atoms. The molecule has 0 spiro atoms. The van der Waals surface area contributed by atoms with Crippen LogP contribution in [0, 0.1) is 0 Å². The van der Waals surface area contributed by atoms with Crippen molar-refractivity contribution in [2.24, 2.45) is 0 Å². The fraction of sp³-hybridized carbons (Fsp3) is 0.333. The Balaban J connectivity index is 2.58. The zero-order chi connectivity index (χ0) is 15.4. The van der Waals surface area contributed by atoms with Gasteiger partial charge in [0.15, 0.2) is 0 Å². The molecule has 1 aromatic heterocycles. The highest BCUT2D eigenvalue weighted by molar-refractivity contribution is 9.10. The highest BCUT2D eigenvalue weighted by Gasteiger charge is 2.14. The molecular weight excluding hydrogens is 336 g/mol. The van der Waals surface area contributed by atoms with Gasteiger partial charge < -0.3 is 14.5 Å². The number of methoxy groups -OCH3 is 2. The van der Waals surface area contributed by atoms with Crippen LogP contribution in [0.25, 0.3) is 11.4 Å². The van der Waals surface area contributed by atoms with E-state index in [2.05, 4.69) is 25.9 Å². The van der Waals surface area contributed by atoms with Crippen molar-refractivity contribution in [2.75, 3.05) is 14.2 Å². The number of hydrogen-bond acceptors (Lipinski definition) is 4. The molecule has 0 bridgehead atoms. The Bertz CT molecular complexity index is 698. The lowest BCUT2D eigenvalue weighted by Crippen LogP contribution is -2.14. The van der Waals surface area contributed by atoms with E-state index in [0.29, 0.717) is 21.8 Å². The number of benzene rings is 1. The van der Waals surface area contributed by atoms with Gasteiger partial charge in [0.1, 0.15) is 21.8 Å². The molecule has 1 aromatic carbocycles. The smallest absolute Gasteiger partial charge is 0.265 e. The summed E-state index contributed by atoms with van der Waals surface area (Å²) in [5, 5.41) is 0. The summed E-state index contributed by atoms with van der Waals surface area (Å²) in [6, 6.07) is 5.38. The van der Waals surface area contributed by atoms with Gasteiger partial charge in [-0.15, -0.1) is 0 Å². The average molecular weight is 353 g/mol. The van der Waals surface area contributed by atoms with Crippen LogP contribution < -0.4 is 15.0 Å². The van der Waals surface area contributed by atoms with Crippen LogP contribution in [-0.4, -0.2) is 24.2 Å². The van der Waals surface area contributed by atoms with E-state index >= 15 is 0 Å². The SMILES string of the molecule is CCCc1nc(-c2ccc(OC)cc2OC)[nH]c(=O)c1Br. The number of rotatable bonds is 5. The second-order valence-corrected chi connectivity index (χ2v) is 5.28. The normalized spacial score (nSPS) is 10.5. The Morgan fingerprint density at radius 2 is 2.05 bits per heavy atom. The number of aromatic nitrogens is 2. The minimum Gasteiger partial charge on any atom is -0.497 e. The van der Waals surface area contributed by atoms with E-state index in [9.17, 15) is 4.79 Å². The molecule has 6 heteroatoms. The summed E-state index contributed by atoms with van der Waals surface area (Å²) >= 11 is 3.29. The van der Waals surface area contributed by atoms with Gasteiger partial charge in [-0.25, -0.2) is 4.98 Å². The molecule has 0 fully saturated rings. The summed E-state index contributed by atoms with van der Waals surface area (Å²) in [6.45, 7) is 2.04. The summed E-state index contributed by atoms with van der Waals surface area (Å²) in [7, 11) is 3.16. The third kappa shape index (κ3) is 3.26. The van der Waals surface area contributed by atoms with Crippen molar-refractivity contribution >= 4 is 15.9 Å². The van der Waals surface area contributed by atoms with Gasteiger partial charge >= 0.3 is 0 Å². The van der Waals surface area contributed by atoms with E-state index in [1.54, 1.807) is 26.4 Å². The molecule has 1 N–H and O–H groups in total. The Kier molecular flexibility index (Phi) is 5.01. The fourth-order valence-electron chi connectivity index (χ4n) is 2.03. The number of halogens is 1. The Morgan fingerprint density at radius 1 is 1.29 bits per heavy atom. The molecule has 0 aliphatic rings. The lowest BCUT2D eigenvalue weighted by Gasteiger charge is -2.11. The van der Waals surface area contributed by atoms with Crippen LogP contribution >= 0.6 is 15.9 Å². The van der Waals surface area contributed by atoms with Crippen molar-refractivity contribution in [1.29, 1.82) is 0 Å². The van der Waals surface area contributed by atoms with Crippen LogP contribution in [0.3, 0.4) is 0 Å². The first-order valence-corrected chi connectivity index (χ1v) is 7.41. The van der Waals surface area contributed by atoms with E-state index in [1.165, 1.54) is 0 Å². The maximum Gasteiger partial charge on any atom is 0.265 e. The molecule has 0 atom stereocenters. The molecule has 0 aliphatic carbocycles. The highest BCUT2D eigenvalue weighted by atomic mass is 79.9. The molecule has 2 aromatic rings. The van der Waals surface area contributed by atoms with Gasteiger partial charge in [-0.05, 0) is 34.5 Å². The van der Waals surface area contributed by atoms with Gasteiger partial charge in [0.05, 0.1) is 25.5 Å². The van der Waals surface area contributed by atoms with E-state index < -0.39 is 0 Å². The minimum atomic E-state index is -0.193. The minimum absolute atomic E-state index is 0.193. The summed E-state index contributed by atoms with van der Waals surface area (Å²) in [5.74, 6) is 1.78. The molecule has 2 rings (SSSR count). The summed E-state index contributed by atoms with van der Waals surface area (Å²) in [6.07, 6.45) is 1.64. The van der Waals surface area contributed by atoms with Gasteiger partial charge in [-0.2, -0.15) is 0 Å². The lowest BCUT2D eigenvalue weighted by atomic mass is 10.1. The van der Waals surface area contributed by atoms with Crippen LogP contribution in [0.5, 0.6) is 11.5 Å². The van der Waals surface area contributed by atoms with Crippen LogP contribution in [-0.2, 0) is 6.42 Å². The monoisotopic (exact) mass is 352 g/mol. The zero-order valence-electron chi connectivity index (χ0n) is 12.2. The van der Waals surface area contributed by atoms with Crippen molar-refractivity contribution < 1.29 is 9.47 Å².